The van der Waals surface area contributed by atoms with Gasteiger partial charge in [0.1, 0.15) is 11.9 Å². The van der Waals surface area contributed by atoms with Crippen LogP contribution < -0.4 is 5.32 Å². The Morgan fingerprint density at radius 1 is 1.03 bits per heavy atom. The maximum absolute atomic E-state index is 14.1. The van der Waals surface area contributed by atoms with Crippen molar-refractivity contribution in [3.05, 3.63) is 65.5 Å². The van der Waals surface area contributed by atoms with E-state index in [0.717, 1.165) is 18.4 Å². The Hall–Kier alpha value is -2.34. The van der Waals surface area contributed by atoms with Gasteiger partial charge in [0, 0.05) is 11.3 Å². The van der Waals surface area contributed by atoms with E-state index in [1.165, 1.54) is 25.3 Å². The topological polar surface area (TPSA) is 49.4 Å². The van der Waals surface area contributed by atoms with Crippen LogP contribution in [-0.2, 0) is 4.79 Å². The minimum absolute atomic E-state index is 0.0197. The summed E-state index contributed by atoms with van der Waals surface area (Å²) in [6.45, 7) is 1.92. The Kier molecular flexibility index (Phi) is 6.42. The van der Waals surface area contributed by atoms with Crippen LogP contribution in [0.3, 0.4) is 0 Å². The number of rotatable bonds is 4. The molecule has 2 aromatic rings. The lowest BCUT2D eigenvalue weighted by Crippen LogP contribution is -2.50. The summed E-state index contributed by atoms with van der Waals surface area (Å²) in [6.07, 6.45) is 5.73. The van der Waals surface area contributed by atoms with Crippen LogP contribution in [0.25, 0.3) is 0 Å². The van der Waals surface area contributed by atoms with Crippen molar-refractivity contribution in [1.29, 1.82) is 0 Å². The van der Waals surface area contributed by atoms with Crippen LogP contribution in [-0.4, -0.2) is 33.9 Å². The molecule has 0 aromatic heterocycles. The number of carbonyl (C=O) groups excluding carboxylic acids is 2. The highest BCUT2D eigenvalue weighted by atomic mass is 32.2. The minimum atomic E-state index is -0.617. The fourth-order valence-electron chi connectivity index (χ4n) is 4.50. The number of hydrogen-bond donors (Lipinski definition) is 1. The van der Waals surface area contributed by atoms with Gasteiger partial charge in [0.15, 0.2) is 0 Å². The number of thioether (sulfide) groups is 1. The standard InChI is InChI=1S/C24H27FN2O2S/c1-16-9-5-6-12-18(16)23(29)27-21(15-30-24(27)17-10-3-2-4-11-17)22(28)26-20-14-8-7-13-19(20)25/h5-9,12-14,17,21,24H,2-4,10-11,15H2,1H3,(H,26,28)/t21-,24+/m1/s1. The average molecular weight is 427 g/mol. The summed E-state index contributed by atoms with van der Waals surface area (Å²) in [5.74, 6) is 0.00861. The summed E-state index contributed by atoms with van der Waals surface area (Å²) >= 11 is 1.69. The number of amides is 2. The lowest BCUT2D eigenvalue weighted by atomic mass is 9.88. The van der Waals surface area contributed by atoms with Gasteiger partial charge in [-0.3, -0.25) is 9.59 Å². The molecule has 4 rings (SSSR count). The molecular weight excluding hydrogens is 399 g/mol. The second-order valence-electron chi connectivity index (χ2n) is 8.13. The third kappa shape index (κ3) is 4.24. The van der Waals surface area contributed by atoms with Crippen molar-refractivity contribution >= 4 is 29.3 Å². The van der Waals surface area contributed by atoms with Crippen LogP contribution in [0.15, 0.2) is 48.5 Å². The van der Waals surface area contributed by atoms with Crippen LogP contribution in [0.4, 0.5) is 10.1 Å². The molecule has 4 nitrogen and oxygen atoms in total. The summed E-state index contributed by atoms with van der Waals surface area (Å²) < 4.78 is 14.1. The second-order valence-corrected chi connectivity index (χ2v) is 9.28. The second kappa shape index (κ2) is 9.21. The number of carbonyl (C=O) groups is 2. The van der Waals surface area contributed by atoms with Gasteiger partial charge in [0.2, 0.25) is 5.91 Å². The van der Waals surface area contributed by atoms with E-state index in [1.807, 2.05) is 31.2 Å². The predicted octanol–water partition coefficient (Wildman–Crippen LogP) is 5.24. The third-order valence-corrected chi connectivity index (χ3v) is 7.59. The van der Waals surface area contributed by atoms with Crippen LogP contribution in [0.2, 0.25) is 0 Å². The third-order valence-electron chi connectivity index (χ3n) is 6.13. The van der Waals surface area contributed by atoms with Gasteiger partial charge in [-0.15, -0.1) is 11.8 Å². The van der Waals surface area contributed by atoms with Gasteiger partial charge in [-0.1, -0.05) is 49.6 Å². The minimum Gasteiger partial charge on any atom is -0.322 e. The lowest BCUT2D eigenvalue weighted by molar-refractivity contribution is -0.120. The zero-order valence-corrected chi connectivity index (χ0v) is 18.0. The van der Waals surface area contributed by atoms with Crippen molar-refractivity contribution in [2.45, 2.75) is 50.4 Å². The average Bonchev–Trinajstić information content (AvgIpc) is 3.21. The van der Waals surface area contributed by atoms with Crippen molar-refractivity contribution < 1.29 is 14.0 Å². The summed E-state index contributed by atoms with van der Waals surface area (Å²) in [4.78, 5) is 28.5. The van der Waals surface area contributed by atoms with Gasteiger partial charge in [-0.25, -0.2) is 4.39 Å². The molecule has 1 heterocycles. The first kappa shape index (κ1) is 20.9. The van der Waals surface area contributed by atoms with E-state index in [2.05, 4.69) is 5.32 Å². The van der Waals surface area contributed by atoms with E-state index in [1.54, 1.807) is 34.9 Å². The normalized spacial score (nSPS) is 22.1. The largest absolute Gasteiger partial charge is 0.322 e. The fraction of sp³-hybridized carbons (Fsp3) is 0.417. The molecule has 2 aliphatic rings. The van der Waals surface area contributed by atoms with Gasteiger partial charge < -0.3 is 10.2 Å². The quantitative estimate of drug-likeness (QED) is 0.728. The molecule has 0 unspecified atom stereocenters. The number of nitrogens with one attached hydrogen (secondary N) is 1. The van der Waals surface area contributed by atoms with E-state index in [0.29, 0.717) is 17.2 Å². The first-order valence-electron chi connectivity index (χ1n) is 10.6. The molecule has 30 heavy (non-hydrogen) atoms. The van der Waals surface area contributed by atoms with E-state index >= 15 is 0 Å². The van der Waals surface area contributed by atoms with Crippen molar-refractivity contribution in [2.24, 2.45) is 5.92 Å². The van der Waals surface area contributed by atoms with Crippen molar-refractivity contribution in [2.75, 3.05) is 11.1 Å². The van der Waals surface area contributed by atoms with Crippen LogP contribution >= 0.6 is 11.8 Å². The number of benzene rings is 2. The van der Waals surface area contributed by atoms with Gasteiger partial charge in [-0.2, -0.15) is 0 Å². The van der Waals surface area contributed by atoms with Crippen LogP contribution in [0.1, 0.15) is 48.0 Å². The summed E-state index contributed by atoms with van der Waals surface area (Å²) in [5.41, 5.74) is 1.68. The van der Waals surface area contributed by atoms with Crippen molar-refractivity contribution in [3.63, 3.8) is 0 Å². The molecule has 1 aliphatic heterocycles. The molecule has 0 radical (unpaired) electrons. The fourth-order valence-corrected chi connectivity index (χ4v) is 6.14. The molecule has 2 fully saturated rings. The maximum Gasteiger partial charge on any atom is 0.255 e. The molecule has 6 heteroatoms. The SMILES string of the molecule is Cc1ccccc1C(=O)N1[C@@H](C(=O)Nc2ccccc2F)CS[C@H]1C1CCCCC1. The van der Waals surface area contributed by atoms with Gasteiger partial charge in [0.05, 0.1) is 11.1 Å². The van der Waals surface area contributed by atoms with Crippen LogP contribution in [0.5, 0.6) is 0 Å². The van der Waals surface area contributed by atoms with Gasteiger partial charge in [-0.05, 0) is 49.4 Å². The van der Waals surface area contributed by atoms with Crippen LogP contribution in [0, 0.1) is 18.7 Å². The number of nitrogens with zero attached hydrogens (tertiary/aromatic N) is 1. The molecule has 1 saturated heterocycles. The highest BCUT2D eigenvalue weighted by molar-refractivity contribution is 8.00. The maximum atomic E-state index is 14.1. The number of aryl methyl sites for hydroxylation is 1. The molecule has 2 amide bonds. The molecular formula is C24H27FN2O2S. The zero-order chi connectivity index (χ0) is 21.1. The molecule has 1 aliphatic carbocycles. The van der Waals surface area contributed by atoms with E-state index in [9.17, 15) is 14.0 Å². The van der Waals surface area contributed by atoms with Gasteiger partial charge >= 0.3 is 0 Å². The molecule has 1 saturated carbocycles. The molecule has 2 atom stereocenters. The summed E-state index contributed by atoms with van der Waals surface area (Å²) in [5, 5.41) is 2.69. The number of anilines is 1. The Balaban J connectivity index is 1.63. The van der Waals surface area contributed by atoms with E-state index in [4.69, 9.17) is 0 Å². The Labute approximate surface area is 181 Å². The highest BCUT2D eigenvalue weighted by Crippen LogP contribution is 2.41. The molecule has 1 N–H and O–H groups in total. The summed E-state index contributed by atoms with van der Waals surface area (Å²) in [7, 11) is 0. The highest BCUT2D eigenvalue weighted by Gasteiger charge is 2.45. The number of hydrogen-bond acceptors (Lipinski definition) is 3. The molecule has 0 spiro atoms. The Morgan fingerprint density at radius 3 is 2.47 bits per heavy atom. The monoisotopic (exact) mass is 426 g/mol. The predicted molar refractivity (Wildman–Crippen MR) is 119 cm³/mol. The molecule has 158 valence electrons. The zero-order valence-electron chi connectivity index (χ0n) is 17.1. The van der Waals surface area contributed by atoms with Crippen molar-refractivity contribution in [1.82, 2.24) is 4.90 Å². The van der Waals surface area contributed by atoms with E-state index in [-0.39, 0.29) is 22.9 Å². The molecule has 0 bridgehead atoms. The smallest absolute Gasteiger partial charge is 0.255 e. The lowest BCUT2D eigenvalue weighted by Gasteiger charge is -2.35. The first-order valence-corrected chi connectivity index (χ1v) is 11.7. The first-order chi connectivity index (χ1) is 14.6. The number of halogens is 1. The van der Waals surface area contributed by atoms with E-state index < -0.39 is 11.9 Å². The van der Waals surface area contributed by atoms with Gasteiger partial charge in [0.25, 0.3) is 5.91 Å². The van der Waals surface area contributed by atoms with Crippen molar-refractivity contribution in [3.8, 4) is 0 Å². The number of para-hydroxylation sites is 1. The Morgan fingerprint density at radius 2 is 1.73 bits per heavy atom. The molecule has 2 aromatic carbocycles. The Bertz CT molecular complexity index is 929. The summed E-state index contributed by atoms with van der Waals surface area (Å²) in [6, 6.07) is 13.0.